The van der Waals surface area contributed by atoms with Crippen molar-refractivity contribution in [1.82, 2.24) is 4.90 Å². The molecule has 0 bridgehead atoms. The highest BCUT2D eigenvalue weighted by Crippen LogP contribution is 2.36. The number of likely N-dealkylation sites (tertiary alicyclic amines) is 1. The van der Waals surface area contributed by atoms with Gasteiger partial charge in [0.15, 0.2) is 0 Å². The van der Waals surface area contributed by atoms with E-state index in [4.69, 9.17) is 15.7 Å². The molecule has 3 heteroatoms. The molecule has 1 heterocycles. The molecule has 1 aromatic carbocycles. The minimum Gasteiger partial charge on any atom is -0.465 e. The first kappa shape index (κ1) is 6.20. The third kappa shape index (κ3) is 2.41. The summed E-state index contributed by atoms with van der Waals surface area (Å²) in [7, 11) is 0. The van der Waals surface area contributed by atoms with Gasteiger partial charge in [-0.15, -0.1) is 0 Å². The molecule has 0 saturated carbocycles. The molecule has 2 rings (SSSR count). The van der Waals surface area contributed by atoms with Crippen molar-refractivity contribution in [3.05, 3.63) is 35.9 Å². The van der Waals surface area contributed by atoms with Gasteiger partial charge in [-0.2, -0.15) is 0 Å². The highest BCUT2D eigenvalue weighted by atomic mass is 16.5. The molecule has 0 atom stereocenters. The Bertz CT molecular complexity index is 633. The van der Waals surface area contributed by atoms with E-state index >= 15 is 0 Å². The van der Waals surface area contributed by atoms with Crippen LogP contribution in [0.2, 0.25) is 0 Å². The summed E-state index contributed by atoms with van der Waals surface area (Å²) in [5, 5.41) is 0. The average molecular weight is 255 g/mol. The van der Waals surface area contributed by atoms with Crippen LogP contribution in [0, 0.1) is 0 Å². The van der Waals surface area contributed by atoms with Crippen LogP contribution in [0.3, 0.4) is 0 Å². The largest absolute Gasteiger partial charge is 0.465 e. The lowest BCUT2D eigenvalue weighted by atomic mass is 9.73. The second kappa shape index (κ2) is 5.53. The molecule has 1 saturated heterocycles. The monoisotopic (exact) mass is 255 g/mol. The van der Waals surface area contributed by atoms with Gasteiger partial charge in [0.25, 0.3) is 0 Å². The van der Waals surface area contributed by atoms with E-state index in [9.17, 15) is 4.79 Å². The second-order valence-corrected chi connectivity index (χ2v) is 4.43. The van der Waals surface area contributed by atoms with Gasteiger partial charge in [-0.25, -0.2) is 0 Å². The maximum Gasteiger partial charge on any atom is 0.316 e. The zero-order valence-corrected chi connectivity index (χ0v) is 9.98. The summed E-state index contributed by atoms with van der Waals surface area (Å²) in [4.78, 5) is 14.1. The Morgan fingerprint density at radius 2 is 2.17 bits per heavy atom. The van der Waals surface area contributed by atoms with E-state index in [0.717, 1.165) is 0 Å². The van der Waals surface area contributed by atoms with Gasteiger partial charge in [-0.1, -0.05) is 30.3 Å². The van der Waals surface area contributed by atoms with Gasteiger partial charge in [-0.3, -0.25) is 4.79 Å². The van der Waals surface area contributed by atoms with Crippen molar-refractivity contribution in [2.75, 3.05) is 26.6 Å². The lowest BCUT2D eigenvalue weighted by molar-refractivity contribution is -0.152. The van der Waals surface area contributed by atoms with Crippen LogP contribution in [-0.2, 0) is 14.9 Å². The zero-order valence-electron chi connectivity index (χ0n) is 18.0. The summed E-state index contributed by atoms with van der Waals surface area (Å²) in [5.74, 6) is -0.991. The Morgan fingerprint density at radius 1 is 1.44 bits per heavy atom. The van der Waals surface area contributed by atoms with E-state index in [1.807, 2.05) is 0 Å². The first-order chi connectivity index (χ1) is 11.8. The van der Waals surface area contributed by atoms with E-state index in [-0.39, 0.29) is 25.9 Å². The Labute approximate surface area is 120 Å². The van der Waals surface area contributed by atoms with E-state index < -0.39 is 31.8 Å². The smallest absolute Gasteiger partial charge is 0.316 e. The standard InChI is InChI=1S/C15H21NO2/c1-3-18-14(17)15(9-11-16(2)12-10-15)13-7-5-4-6-8-13/h4-8H,3,9-12H2,1-2H3/i1D3,2D3,3D2. The molecule has 0 N–H and O–H groups in total. The molecule has 0 aliphatic carbocycles. The van der Waals surface area contributed by atoms with Crippen molar-refractivity contribution < 1.29 is 20.5 Å². The lowest BCUT2D eigenvalue weighted by Crippen LogP contribution is -2.47. The summed E-state index contributed by atoms with van der Waals surface area (Å²) in [6.45, 7) is -8.39. The van der Waals surface area contributed by atoms with Crippen LogP contribution in [0.1, 0.15) is 36.2 Å². The van der Waals surface area contributed by atoms with Crippen LogP contribution < -0.4 is 0 Å². The van der Waals surface area contributed by atoms with E-state index in [1.54, 1.807) is 30.3 Å². The zero-order chi connectivity index (χ0) is 19.8. The highest BCUT2D eigenvalue weighted by molar-refractivity contribution is 5.83. The third-order valence-corrected chi connectivity index (χ3v) is 3.48. The highest BCUT2D eigenvalue weighted by Gasteiger charge is 2.43. The minimum atomic E-state index is -3.13. The maximum absolute atomic E-state index is 12.9. The van der Waals surface area contributed by atoms with Crippen LogP contribution in [0.15, 0.2) is 30.3 Å². The van der Waals surface area contributed by atoms with Crippen molar-refractivity contribution in [3.63, 3.8) is 0 Å². The number of nitrogens with zero attached hydrogens (tertiary/aromatic N) is 1. The van der Waals surface area contributed by atoms with Crippen LogP contribution in [0.4, 0.5) is 0 Å². The first-order valence-electron chi connectivity index (χ1n) is 9.84. The molecule has 0 amide bonds. The van der Waals surface area contributed by atoms with Gasteiger partial charge in [0, 0.05) is 8.22 Å². The molecule has 1 aromatic rings. The van der Waals surface area contributed by atoms with E-state index in [2.05, 4.69) is 0 Å². The lowest BCUT2D eigenvalue weighted by Gasteiger charge is -2.38. The van der Waals surface area contributed by atoms with Gasteiger partial charge in [0.05, 0.1) is 14.7 Å². The number of rotatable bonds is 3. The van der Waals surface area contributed by atoms with Crippen molar-refractivity contribution in [2.45, 2.75) is 25.1 Å². The van der Waals surface area contributed by atoms with Crippen molar-refractivity contribution in [3.8, 4) is 0 Å². The van der Waals surface area contributed by atoms with Gasteiger partial charge in [0.2, 0.25) is 0 Å². The molecule has 0 spiro atoms. The predicted molar refractivity (Wildman–Crippen MR) is 71.5 cm³/mol. The molecule has 3 nitrogen and oxygen atoms in total. The molecule has 0 unspecified atom stereocenters. The van der Waals surface area contributed by atoms with Gasteiger partial charge < -0.3 is 9.64 Å². The average Bonchev–Trinajstić information content (AvgIpc) is 2.53. The van der Waals surface area contributed by atoms with E-state index in [1.165, 1.54) is 4.90 Å². The van der Waals surface area contributed by atoms with Crippen LogP contribution in [-0.4, -0.2) is 37.5 Å². The Kier molecular flexibility index (Phi) is 1.90. The van der Waals surface area contributed by atoms with E-state index in [0.29, 0.717) is 5.56 Å². The molecule has 1 fully saturated rings. The Hall–Kier alpha value is -1.35. The summed E-state index contributed by atoms with van der Waals surface area (Å²) < 4.78 is 64.1. The van der Waals surface area contributed by atoms with Crippen LogP contribution in [0.25, 0.3) is 0 Å². The Balaban J connectivity index is 2.34. The number of carbonyl (C=O) groups is 1. The molecule has 1 aliphatic heterocycles. The maximum atomic E-state index is 12.9. The number of hydrogen-bond acceptors (Lipinski definition) is 3. The Morgan fingerprint density at radius 3 is 2.78 bits per heavy atom. The quantitative estimate of drug-likeness (QED) is 0.776. The first-order valence-corrected chi connectivity index (χ1v) is 5.84. The molecular weight excluding hydrogens is 226 g/mol. The number of hydrogen-bond donors (Lipinski definition) is 0. The summed E-state index contributed by atoms with van der Waals surface area (Å²) in [6.07, 6.45) is 0.177. The van der Waals surface area contributed by atoms with Crippen molar-refractivity contribution in [1.29, 1.82) is 0 Å². The normalized spacial score (nSPS) is 28.2. The SMILES string of the molecule is [2H]C([2H])([2H])N1CCC(C(=O)OC([2H])([2H])C([2H])([2H])[2H])(c2ccccc2)CC1. The number of carbonyl (C=O) groups excluding carboxylic acids is 1. The van der Waals surface area contributed by atoms with Crippen molar-refractivity contribution >= 4 is 5.97 Å². The fourth-order valence-electron chi connectivity index (χ4n) is 2.40. The molecular formula is C15H21NO2. The molecule has 18 heavy (non-hydrogen) atoms. The fraction of sp³-hybridized carbons (Fsp3) is 0.533. The molecule has 0 aromatic heterocycles. The molecule has 1 aliphatic rings. The molecule has 0 radical (unpaired) electrons. The fourth-order valence-corrected chi connectivity index (χ4v) is 2.40. The van der Waals surface area contributed by atoms with Crippen molar-refractivity contribution in [2.24, 2.45) is 0 Å². The van der Waals surface area contributed by atoms with Gasteiger partial charge >= 0.3 is 5.97 Å². The minimum absolute atomic E-state index is 0.0806. The van der Waals surface area contributed by atoms with Gasteiger partial charge in [-0.05, 0) is 45.3 Å². The number of esters is 1. The van der Waals surface area contributed by atoms with Crippen LogP contribution in [0.5, 0.6) is 0 Å². The number of benzene rings is 1. The van der Waals surface area contributed by atoms with Crippen LogP contribution >= 0.6 is 0 Å². The summed E-state index contributed by atoms with van der Waals surface area (Å²) in [5.41, 5.74) is -0.738. The summed E-state index contributed by atoms with van der Waals surface area (Å²) >= 11 is 0. The molecule has 98 valence electrons. The third-order valence-electron chi connectivity index (χ3n) is 3.48. The predicted octanol–water partition coefficient (Wildman–Crippen LogP) is 2.21. The number of piperidine rings is 1. The van der Waals surface area contributed by atoms with Gasteiger partial charge in [0.1, 0.15) is 0 Å². The topological polar surface area (TPSA) is 29.5 Å². The number of ether oxygens (including phenoxy) is 1. The summed E-state index contributed by atoms with van der Waals surface area (Å²) in [6, 6.07) is 8.52. The second-order valence-electron chi connectivity index (χ2n) is 4.43.